The summed E-state index contributed by atoms with van der Waals surface area (Å²) in [5, 5.41) is 13.6. The van der Waals surface area contributed by atoms with Gasteiger partial charge in [0.15, 0.2) is 0 Å². The number of carboxylic acid groups (broad SMARTS) is 1. The molecule has 100 valence electrons. The molecule has 1 fully saturated rings. The van der Waals surface area contributed by atoms with Gasteiger partial charge in [0, 0.05) is 35.7 Å². The number of rotatable bonds is 5. The van der Waals surface area contributed by atoms with Crippen LogP contribution in [-0.2, 0) is 13.1 Å². The van der Waals surface area contributed by atoms with Crippen LogP contribution in [0.1, 0.15) is 35.8 Å². The molecule has 0 saturated heterocycles. The quantitative estimate of drug-likeness (QED) is 0.866. The molecule has 1 aliphatic carbocycles. The first-order valence-corrected chi connectivity index (χ1v) is 6.78. The second-order valence-corrected chi connectivity index (χ2v) is 5.11. The van der Waals surface area contributed by atoms with Gasteiger partial charge >= 0.3 is 5.97 Å². The molecular formula is C15H18N2O2. The molecule has 0 aliphatic heterocycles. The first-order chi connectivity index (χ1) is 9.19. The van der Waals surface area contributed by atoms with E-state index in [1.54, 1.807) is 12.1 Å². The number of nitrogens with one attached hydrogen (secondary N) is 1. The molecule has 2 aromatic rings. The molecule has 0 amide bonds. The first kappa shape index (κ1) is 12.2. The zero-order valence-corrected chi connectivity index (χ0v) is 11.0. The summed E-state index contributed by atoms with van der Waals surface area (Å²) in [6.45, 7) is 3.87. The molecule has 1 heterocycles. The third kappa shape index (κ3) is 2.36. The van der Waals surface area contributed by atoms with Gasteiger partial charge in [0.25, 0.3) is 0 Å². The molecule has 19 heavy (non-hydrogen) atoms. The summed E-state index contributed by atoms with van der Waals surface area (Å²) in [6, 6.07) is 8.11. The summed E-state index contributed by atoms with van der Waals surface area (Å²) in [4.78, 5) is 11.0. The van der Waals surface area contributed by atoms with Crippen molar-refractivity contribution < 1.29 is 9.90 Å². The fraction of sp³-hybridized carbons (Fsp3) is 0.400. The lowest BCUT2D eigenvalue weighted by Gasteiger charge is -2.08. The SMILES string of the molecule is CCn1c(CNC2CC2)cc2cc(C(=O)O)ccc21. The van der Waals surface area contributed by atoms with E-state index in [0.717, 1.165) is 24.0 Å². The van der Waals surface area contributed by atoms with E-state index in [2.05, 4.69) is 22.9 Å². The van der Waals surface area contributed by atoms with Crippen molar-refractivity contribution in [1.82, 2.24) is 9.88 Å². The highest BCUT2D eigenvalue weighted by molar-refractivity contribution is 5.94. The predicted molar refractivity (Wildman–Crippen MR) is 74.4 cm³/mol. The lowest BCUT2D eigenvalue weighted by atomic mass is 10.1. The molecule has 1 saturated carbocycles. The van der Waals surface area contributed by atoms with Crippen LogP contribution < -0.4 is 5.32 Å². The summed E-state index contributed by atoms with van der Waals surface area (Å²) in [7, 11) is 0. The molecule has 0 unspecified atom stereocenters. The summed E-state index contributed by atoms with van der Waals surface area (Å²) >= 11 is 0. The molecule has 0 spiro atoms. The van der Waals surface area contributed by atoms with Crippen LogP contribution in [0, 0.1) is 0 Å². The van der Waals surface area contributed by atoms with Gasteiger partial charge in [-0.05, 0) is 44.0 Å². The van der Waals surface area contributed by atoms with Gasteiger partial charge in [-0.1, -0.05) is 0 Å². The number of fused-ring (bicyclic) bond motifs is 1. The van der Waals surface area contributed by atoms with Crippen LogP contribution in [0.2, 0.25) is 0 Å². The first-order valence-electron chi connectivity index (χ1n) is 6.78. The molecular weight excluding hydrogens is 240 g/mol. The van der Waals surface area contributed by atoms with E-state index in [-0.39, 0.29) is 0 Å². The maximum Gasteiger partial charge on any atom is 0.335 e. The maximum absolute atomic E-state index is 11.0. The fourth-order valence-electron chi connectivity index (χ4n) is 2.52. The van der Waals surface area contributed by atoms with Crippen LogP contribution in [0.4, 0.5) is 0 Å². The smallest absolute Gasteiger partial charge is 0.335 e. The Hall–Kier alpha value is -1.81. The molecule has 0 radical (unpaired) electrons. The fourth-order valence-corrected chi connectivity index (χ4v) is 2.52. The number of nitrogens with zero attached hydrogens (tertiary/aromatic N) is 1. The van der Waals surface area contributed by atoms with Crippen molar-refractivity contribution >= 4 is 16.9 Å². The normalized spacial score (nSPS) is 15.0. The van der Waals surface area contributed by atoms with Gasteiger partial charge in [0.05, 0.1) is 5.56 Å². The van der Waals surface area contributed by atoms with E-state index in [1.165, 1.54) is 18.5 Å². The predicted octanol–water partition coefficient (Wildman–Crippen LogP) is 2.61. The summed E-state index contributed by atoms with van der Waals surface area (Å²) < 4.78 is 2.25. The molecule has 4 nitrogen and oxygen atoms in total. The van der Waals surface area contributed by atoms with Gasteiger partial charge < -0.3 is 15.0 Å². The molecule has 0 atom stereocenters. The van der Waals surface area contributed by atoms with E-state index in [4.69, 9.17) is 5.11 Å². The number of carbonyl (C=O) groups is 1. The third-order valence-corrected chi connectivity index (χ3v) is 3.70. The van der Waals surface area contributed by atoms with Crippen LogP contribution in [0.15, 0.2) is 24.3 Å². The van der Waals surface area contributed by atoms with Crippen LogP contribution >= 0.6 is 0 Å². The number of aromatic carboxylic acids is 1. The van der Waals surface area contributed by atoms with Crippen LogP contribution in [0.25, 0.3) is 10.9 Å². The van der Waals surface area contributed by atoms with Gasteiger partial charge in [0.2, 0.25) is 0 Å². The van der Waals surface area contributed by atoms with Crippen LogP contribution in [0.5, 0.6) is 0 Å². The molecule has 1 aliphatic rings. The molecule has 1 aromatic heterocycles. The molecule has 1 aromatic carbocycles. The zero-order chi connectivity index (χ0) is 13.4. The second-order valence-electron chi connectivity index (χ2n) is 5.11. The number of hydrogen-bond acceptors (Lipinski definition) is 2. The minimum absolute atomic E-state index is 0.349. The van der Waals surface area contributed by atoms with E-state index in [0.29, 0.717) is 11.6 Å². The highest BCUT2D eigenvalue weighted by Crippen LogP contribution is 2.24. The maximum atomic E-state index is 11.0. The Kier molecular flexibility index (Phi) is 3.03. The minimum atomic E-state index is -0.871. The Balaban J connectivity index is 1.98. The van der Waals surface area contributed by atoms with Crippen LogP contribution in [-0.4, -0.2) is 21.7 Å². The summed E-state index contributed by atoms with van der Waals surface area (Å²) in [5.74, 6) is -0.871. The molecule has 4 heteroatoms. The van der Waals surface area contributed by atoms with Gasteiger partial charge in [-0.2, -0.15) is 0 Å². The van der Waals surface area contributed by atoms with E-state index < -0.39 is 5.97 Å². The van der Waals surface area contributed by atoms with Crippen molar-refractivity contribution in [3.8, 4) is 0 Å². The Bertz CT molecular complexity index is 626. The van der Waals surface area contributed by atoms with E-state index in [1.807, 2.05) is 6.07 Å². The van der Waals surface area contributed by atoms with Crippen molar-refractivity contribution in [3.63, 3.8) is 0 Å². The van der Waals surface area contributed by atoms with Gasteiger partial charge in [-0.15, -0.1) is 0 Å². The number of aromatic nitrogens is 1. The average molecular weight is 258 g/mol. The van der Waals surface area contributed by atoms with E-state index in [9.17, 15) is 4.79 Å². The largest absolute Gasteiger partial charge is 0.478 e. The average Bonchev–Trinajstić information content (AvgIpc) is 3.15. The molecule has 3 rings (SSSR count). The number of hydrogen-bond donors (Lipinski definition) is 2. The monoisotopic (exact) mass is 258 g/mol. The van der Waals surface area contributed by atoms with Gasteiger partial charge in [-0.3, -0.25) is 0 Å². The van der Waals surface area contributed by atoms with Crippen molar-refractivity contribution in [3.05, 3.63) is 35.5 Å². The lowest BCUT2D eigenvalue weighted by molar-refractivity contribution is 0.0697. The lowest BCUT2D eigenvalue weighted by Crippen LogP contribution is -2.17. The second kappa shape index (κ2) is 4.70. The number of benzene rings is 1. The van der Waals surface area contributed by atoms with Crippen molar-refractivity contribution in [1.29, 1.82) is 0 Å². The topological polar surface area (TPSA) is 54.3 Å². The minimum Gasteiger partial charge on any atom is -0.478 e. The van der Waals surface area contributed by atoms with E-state index >= 15 is 0 Å². The summed E-state index contributed by atoms with van der Waals surface area (Å²) in [6.07, 6.45) is 2.55. The van der Waals surface area contributed by atoms with Gasteiger partial charge in [0.1, 0.15) is 0 Å². The Morgan fingerprint density at radius 3 is 2.84 bits per heavy atom. The summed E-state index contributed by atoms with van der Waals surface area (Å²) in [5.41, 5.74) is 2.69. The van der Waals surface area contributed by atoms with Crippen molar-refractivity contribution in [2.75, 3.05) is 0 Å². The van der Waals surface area contributed by atoms with Crippen LogP contribution in [0.3, 0.4) is 0 Å². The molecule has 2 N–H and O–H groups in total. The highest BCUT2D eigenvalue weighted by atomic mass is 16.4. The zero-order valence-electron chi connectivity index (χ0n) is 11.0. The van der Waals surface area contributed by atoms with Gasteiger partial charge in [-0.25, -0.2) is 4.79 Å². The number of carboxylic acids is 1. The Morgan fingerprint density at radius 1 is 1.42 bits per heavy atom. The highest BCUT2D eigenvalue weighted by Gasteiger charge is 2.21. The van der Waals surface area contributed by atoms with Crippen molar-refractivity contribution in [2.45, 2.75) is 38.9 Å². The standard InChI is InChI=1S/C15H18N2O2/c1-2-17-13(9-16-12-4-5-12)8-11-7-10(15(18)19)3-6-14(11)17/h3,6-8,12,16H,2,4-5,9H2,1H3,(H,18,19). The Morgan fingerprint density at radius 2 is 2.21 bits per heavy atom. The molecule has 0 bridgehead atoms. The third-order valence-electron chi connectivity index (χ3n) is 3.70. The Labute approximate surface area is 112 Å². The number of aryl methyl sites for hydroxylation is 1. The van der Waals surface area contributed by atoms with Crippen molar-refractivity contribution in [2.24, 2.45) is 0 Å².